The van der Waals surface area contributed by atoms with Crippen LogP contribution in [0.2, 0.25) is 0 Å². The molecule has 0 spiro atoms. The van der Waals surface area contributed by atoms with E-state index in [4.69, 9.17) is 5.73 Å². The molecule has 3 nitrogen and oxygen atoms in total. The van der Waals surface area contributed by atoms with Crippen LogP contribution >= 0.6 is 0 Å². The molecular formula is C7H11F2N3. The average molecular weight is 175 g/mol. The lowest BCUT2D eigenvalue weighted by Gasteiger charge is -1.99. The van der Waals surface area contributed by atoms with Crippen LogP contribution in [0.1, 0.15) is 18.5 Å². The molecule has 1 unspecified atom stereocenters. The van der Waals surface area contributed by atoms with Crippen molar-refractivity contribution < 1.29 is 8.78 Å². The van der Waals surface area contributed by atoms with Gasteiger partial charge < -0.3 is 5.73 Å². The summed E-state index contributed by atoms with van der Waals surface area (Å²) in [5, 5.41) is 3.73. The van der Waals surface area contributed by atoms with E-state index < -0.39 is 6.43 Å². The number of nitrogens with two attached hydrogens (primary N) is 1. The van der Waals surface area contributed by atoms with Gasteiger partial charge >= 0.3 is 0 Å². The summed E-state index contributed by atoms with van der Waals surface area (Å²) in [5.41, 5.74) is 6.29. The van der Waals surface area contributed by atoms with E-state index in [2.05, 4.69) is 5.10 Å². The molecule has 2 N–H and O–H groups in total. The van der Waals surface area contributed by atoms with E-state index in [0.29, 0.717) is 0 Å². The highest BCUT2D eigenvalue weighted by Crippen LogP contribution is 2.08. The number of alkyl halides is 2. The first-order chi connectivity index (χ1) is 5.59. The van der Waals surface area contributed by atoms with Gasteiger partial charge in [-0.2, -0.15) is 5.10 Å². The van der Waals surface area contributed by atoms with Crippen molar-refractivity contribution in [2.45, 2.75) is 25.9 Å². The number of hydrogen-bond acceptors (Lipinski definition) is 2. The van der Waals surface area contributed by atoms with Crippen LogP contribution in [0.4, 0.5) is 8.78 Å². The fourth-order valence-electron chi connectivity index (χ4n) is 0.856. The average Bonchev–Trinajstić information content (AvgIpc) is 2.34. The van der Waals surface area contributed by atoms with E-state index in [1.165, 1.54) is 17.1 Å². The van der Waals surface area contributed by atoms with Crippen molar-refractivity contribution in [3.8, 4) is 0 Å². The Morgan fingerprint density at radius 2 is 2.33 bits per heavy atom. The molecule has 1 aromatic rings. The summed E-state index contributed by atoms with van der Waals surface area (Å²) in [7, 11) is 0. The van der Waals surface area contributed by atoms with Crippen LogP contribution in [-0.4, -0.2) is 16.2 Å². The van der Waals surface area contributed by atoms with E-state index in [-0.39, 0.29) is 12.6 Å². The number of halogens is 2. The Morgan fingerprint density at radius 1 is 1.67 bits per heavy atom. The molecule has 0 saturated heterocycles. The summed E-state index contributed by atoms with van der Waals surface area (Å²) in [5.74, 6) is 0. The Bertz CT molecular complexity index is 245. The van der Waals surface area contributed by atoms with Gasteiger partial charge in [0.25, 0.3) is 6.43 Å². The highest BCUT2D eigenvalue weighted by atomic mass is 19.3. The SMILES string of the molecule is CC(N)c1cnn(CC(F)F)c1. The first-order valence-corrected chi connectivity index (χ1v) is 3.65. The molecule has 0 radical (unpaired) electrons. The van der Waals surface area contributed by atoms with Crippen molar-refractivity contribution >= 4 is 0 Å². The van der Waals surface area contributed by atoms with Crippen LogP contribution in [0, 0.1) is 0 Å². The number of nitrogens with zero attached hydrogens (tertiary/aromatic N) is 2. The molecule has 0 fully saturated rings. The van der Waals surface area contributed by atoms with Crippen LogP contribution in [-0.2, 0) is 6.54 Å². The van der Waals surface area contributed by atoms with Gasteiger partial charge in [0.05, 0.1) is 6.20 Å². The van der Waals surface area contributed by atoms with Crippen molar-refractivity contribution in [2.75, 3.05) is 0 Å². The van der Waals surface area contributed by atoms with Crippen LogP contribution < -0.4 is 5.73 Å². The molecule has 1 rings (SSSR count). The second kappa shape index (κ2) is 3.62. The summed E-state index contributed by atoms with van der Waals surface area (Å²) in [6.45, 7) is 1.41. The summed E-state index contributed by atoms with van der Waals surface area (Å²) < 4.78 is 24.9. The fourth-order valence-corrected chi connectivity index (χ4v) is 0.856. The van der Waals surface area contributed by atoms with E-state index >= 15 is 0 Å². The maximum atomic E-state index is 11.8. The minimum Gasteiger partial charge on any atom is -0.324 e. The van der Waals surface area contributed by atoms with Gasteiger partial charge in [-0.1, -0.05) is 0 Å². The monoisotopic (exact) mass is 175 g/mol. The molecule has 12 heavy (non-hydrogen) atoms. The van der Waals surface area contributed by atoms with Crippen molar-refractivity contribution in [3.05, 3.63) is 18.0 Å². The van der Waals surface area contributed by atoms with Gasteiger partial charge in [0, 0.05) is 17.8 Å². The lowest BCUT2D eigenvalue weighted by atomic mass is 10.2. The number of hydrogen-bond donors (Lipinski definition) is 1. The topological polar surface area (TPSA) is 43.8 Å². The molecule has 0 amide bonds. The van der Waals surface area contributed by atoms with Gasteiger partial charge in [-0.3, -0.25) is 4.68 Å². The Labute approximate surface area is 69.2 Å². The predicted octanol–water partition coefficient (Wildman–Crippen LogP) is 1.17. The maximum Gasteiger partial charge on any atom is 0.257 e. The zero-order chi connectivity index (χ0) is 9.14. The van der Waals surface area contributed by atoms with Crippen LogP contribution in [0.5, 0.6) is 0 Å². The molecule has 1 atom stereocenters. The first-order valence-electron chi connectivity index (χ1n) is 3.65. The molecule has 0 aliphatic carbocycles. The number of rotatable bonds is 3. The fraction of sp³-hybridized carbons (Fsp3) is 0.571. The normalized spacial score (nSPS) is 13.8. The standard InChI is InChI=1S/C7H11F2N3/c1-5(10)6-2-11-12(3-6)4-7(8)9/h2-3,5,7H,4,10H2,1H3. The zero-order valence-corrected chi connectivity index (χ0v) is 6.74. The zero-order valence-electron chi connectivity index (χ0n) is 6.74. The smallest absolute Gasteiger partial charge is 0.257 e. The summed E-state index contributed by atoms with van der Waals surface area (Å²) in [6, 6.07) is -0.156. The second-order valence-electron chi connectivity index (χ2n) is 2.68. The van der Waals surface area contributed by atoms with Gasteiger partial charge in [-0.05, 0) is 6.92 Å². The minimum absolute atomic E-state index is 0.156. The summed E-state index contributed by atoms with van der Waals surface area (Å²) >= 11 is 0. The Hall–Kier alpha value is -0.970. The largest absolute Gasteiger partial charge is 0.324 e. The molecule has 0 aromatic carbocycles. The highest BCUT2D eigenvalue weighted by Gasteiger charge is 2.07. The molecule has 0 aliphatic heterocycles. The highest BCUT2D eigenvalue weighted by molar-refractivity contribution is 5.08. The van der Waals surface area contributed by atoms with E-state index in [9.17, 15) is 8.78 Å². The molecule has 1 aromatic heterocycles. The van der Waals surface area contributed by atoms with Gasteiger partial charge in [-0.25, -0.2) is 8.78 Å². The lowest BCUT2D eigenvalue weighted by molar-refractivity contribution is 0.122. The van der Waals surface area contributed by atoms with Crippen molar-refractivity contribution in [1.29, 1.82) is 0 Å². The van der Waals surface area contributed by atoms with E-state index in [0.717, 1.165) is 5.56 Å². The molecule has 1 heterocycles. The molecule has 0 saturated carbocycles. The molecular weight excluding hydrogens is 164 g/mol. The van der Waals surface area contributed by atoms with Gasteiger partial charge in [0.2, 0.25) is 0 Å². The predicted molar refractivity (Wildman–Crippen MR) is 40.8 cm³/mol. The lowest BCUT2D eigenvalue weighted by Crippen LogP contribution is -2.07. The van der Waals surface area contributed by atoms with E-state index in [1.54, 1.807) is 6.92 Å². The van der Waals surface area contributed by atoms with Crippen molar-refractivity contribution in [3.63, 3.8) is 0 Å². The molecule has 0 bridgehead atoms. The van der Waals surface area contributed by atoms with Crippen molar-refractivity contribution in [1.82, 2.24) is 9.78 Å². The molecule has 68 valence electrons. The van der Waals surface area contributed by atoms with Crippen molar-refractivity contribution in [2.24, 2.45) is 5.73 Å². The third-order valence-corrected chi connectivity index (χ3v) is 1.50. The van der Waals surface area contributed by atoms with Gasteiger partial charge in [0.15, 0.2) is 0 Å². The van der Waals surface area contributed by atoms with Crippen LogP contribution in [0.15, 0.2) is 12.4 Å². The summed E-state index contributed by atoms with van der Waals surface area (Å²) in [4.78, 5) is 0. The molecule has 0 aliphatic rings. The first kappa shape index (κ1) is 9.12. The van der Waals surface area contributed by atoms with Crippen LogP contribution in [0.25, 0.3) is 0 Å². The maximum absolute atomic E-state index is 11.8. The molecule has 5 heteroatoms. The Kier molecular flexibility index (Phi) is 2.75. The summed E-state index contributed by atoms with van der Waals surface area (Å²) in [6.07, 6.45) is 0.676. The Morgan fingerprint density at radius 3 is 2.75 bits per heavy atom. The minimum atomic E-state index is -2.37. The van der Waals surface area contributed by atoms with E-state index in [1.807, 2.05) is 0 Å². The van der Waals surface area contributed by atoms with Crippen LogP contribution in [0.3, 0.4) is 0 Å². The number of aromatic nitrogens is 2. The Balaban J connectivity index is 2.64. The third kappa shape index (κ3) is 2.27. The quantitative estimate of drug-likeness (QED) is 0.749. The second-order valence-corrected chi connectivity index (χ2v) is 2.68. The van der Waals surface area contributed by atoms with Gasteiger partial charge in [-0.15, -0.1) is 0 Å². The van der Waals surface area contributed by atoms with Gasteiger partial charge in [0.1, 0.15) is 6.54 Å². The third-order valence-electron chi connectivity index (χ3n) is 1.50.